The summed E-state index contributed by atoms with van der Waals surface area (Å²) >= 11 is 0. The van der Waals surface area contributed by atoms with Crippen LogP contribution in [0, 0.1) is 0 Å². The van der Waals surface area contributed by atoms with Crippen LogP contribution in [0.5, 0.6) is 0 Å². The molecule has 0 aliphatic carbocycles. The van der Waals surface area contributed by atoms with E-state index in [9.17, 15) is 4.79 Å². The minimum absolute atomic E-state index is 0.0409. The molecule has 0 rings (SSSR count). The number of unbranched alkanes of at least 4 members (excludes halogenated alkanes) is 6. The van der Waals surface area contributed by atoms with Crippen molar-refractivity contribution in [3.8, 4) is 0 Å². The van der Waals surface area contributed by atoms with Gasteiger partial charge in [0.2, 0.25) is 5.91 Å². The molecule has 102 valence electrons. The number of carbonyl (C=O) groups is 1. The van der Waals surface area contributed by atoms with Gasteiger partial charge in [-0.15, -0.1) is 0 Å². The zero-order valence-corrected chi connectivity index (χ0v) is 11.5. The van der Waals surface area contributed by atoms with E-state index >= 15 is 0 Å². The van der Waals surface area contributed by atoms with E-state index in [1.807, 2.05) is 6.92 Å². The second kappa shape index (κ2) is 11.9. The van der Waals surface area contributed by atoms with Gasteiger partial charge < -0.3 is 10.4 Å². The molecule has 0 saturated carbocycles. The van der Waals surface area contributed by atoms with Crippen LogP contribution < -0.4 is 5.32 Å². The zero-order chi connectivity index (χ0) is 12.9. The zero-order valence-electron chi connectivity index (χ0n) is 11.5. The highest BCUT2D eigenvalue weighted by molar-refractivity contribution is 5.76. The Morgan fingerprint density at radius 2 is 1.65 bits per heavy atom. The Labute approximate surface area is 106 Å². The Kier molecular flexibility index (Phi) is 11.5. The van der Waals surface area contributed by atoms with Crippen molar-refractivity contribution in [3.63, 3.8) is 0 Å². The maximum atomic E-state index is 11.5. The summed E-state index contributed by atoms with van der Waals surface area (Å²) in [7, 11) is 0. The van der Waals surface area contributed by atoms with Gasteiger partial charge in [0.1, 0.15) is 0 Å². The first kappa shape index (κ1) is 16.4. The molecule has 0 fully saturated rings. The van der Waals surface area contributed by atoms with Crippen molar-refractivity contribution in [2.45, 2.75) is 77.7 Å². The van der Waals surface area contributed by atoms with E-state index in [0.29, 0.717) is 6.42 Å². The Balaban J connectivity index is 3.33. The van der Waals surface area contributed by atoms with Gasteiger partial charge >= 0.3 is 0 Å². The van der Waals surface area contributed by atoms with Gasteiger partial charge in [0.15, 0.2) is 0 Å². The molecule has 0 aliphatic rings. The van der Waals surface area contributed by atoms with Crippen LogP contribution in [0.15, 0.2) is 0 Å². The lowest BCUT2D eigenvalue weighted by atomic mass is 10.1. The first-order valence-electron chi connectivity index (χ1n) is 7.14. The minimum Gasteiger partial charge on any atom is -0.394 e. The molecule has 1 amide bonds. The van der Waals surface area contributed by atoms with Crippen LogP contribution in [0.25, 0.3) is 0 Å². The fourth-order valence-electron chi connectivity index (χ4n) is 1.82. The van der Waals surface area contributed by atoms with Crippen molar-refractivity contribution < 1.29 is 9.90 Å². The molecule has 0 aromatic heterocycles. The van der Waals surface area contributed by atoms with Crippen molar-refractivity contribution in [3.05, 3.63) is 0 Å². The first-order valence-corrected chi connectivity index (χ1v) is 7.14. The molecular formula is C14H29NO2. The number of aliphatic hydroxyl groups excluding tert-OH is 1. The predicted molar refractivity (Wildman–Crippen MR) is 71.9 cm³/mol. The summed E-state index contributed by atoms with van der Waals surface area (Å²) in [6.07, 6.45) is 9.98. The van der Waals surface area contributed by atoms with Gasteiger partial charge in [0.05, 0.1) is 12.6 Å². The normalized spacial score (nSPS) is 12.4. The quantitative estimate of drug-likeness (QED) is 0.548. The van der Waals surface area contributed by atoms with Crippen molar-refractivity contribution in [1.82, 2.24) is 5.32 Å². The summed E-state index contributed by atoms with van der Waals surface area (Å²) in [4.78, 5) is 11.5. The Morgan fingerprint density at radius 3 is 2.18 bits per heavy atom. The van der Waals surface area contributed by atoms with E-state index in [2.05, 4.69) is 12.2 Å². The SMILES string of the molecule is CCCCCCCCCC(=O)NC(CC)CO. The molecule has 0 heterocycles. The van der Waals surface area contributed by atoms with Crippen LogP contribution in [0.2, 0.25) is 0 Å². The van der Waals surface area contributed by atoms with Crippen molar-refractivity contribution in [1.29, 1.82) is 0 Å². The lowest BCUT2D eigenvalue weighted by Crippen LogP contribution is -2.36. The summed E-state index contributed by atoms with van der Waals surface area (Å²) in [5, 5.41) is 11.8. The molecular weight excluding hydrogens is 214 g/mol. The van der Waals surface area contributed by atoms with E-state index < -0.39 is 0 Å². The van der Waals surface area contributed by atoms with E-state index in [1.54, 1.807) is 0 Å². The second-order valence-electron chi connectivity index (χ2n) is 4.73. The predicted octanol–water partition coefficient (Wildman–Crippen LogP) is 3.01. The highest BCUT2D eigenvalue weighted by Crippen LogP contribution is 2.08. The molecule has 0 spiro atoms. The van der Waals surface area contributed by atoms with Crippen LogP contribution in [0.3, 0.4) is 0 Å². The van der Waals surface area contributed by atoms with Crippen LogP contribution in [0.1, 0.15) is 71.6 Å². The standard InChI is InChI=1S/C14H29NO2/c1-3-5-6-7-8-9-10-11-14(17)15-13(4-2)12-16/h13,16H,3-12H2,1-2H3,(H,15,17). The second-order valence-corrected chi connectivity index (χ2v) is 4.73. The molecule has 0 aliphatic heterocycles. The highest BCUT2D eigenvalue weighted by Gasteiger charge is 2.08. The largest absolute Gasteiger partial charge is 0.394 e. The minimum atomic E-state index is -0.0629. The van der Waals surface area contributed by atoms with Crippen molar-refractivity contribution in [2.75, 3.05) is 6.61 Å². The molecule has 0 saturated heterocycles. The number of hydrogen-bond donors (Lipinski definition) is 2. The number of carbonyl (C=O) groups excluding carboxylic acids is 1. The summed E-state index contributed by atoms with van der Waals surface area (Å²) in [6, 6.07) is -0.0629. The highest BCUT2D eigenvalue weighted by atomic mass is 16.3. The van der Waals surface area contributed by atoms with E-state index in [-0.39, 0.29) is 18.6 Å². The smallest absolute Gasteiger partial charge is 0.220 e. The monoisotopic (exact) mass is 243 g/mol. The third kappa shape index (κ3) is 10.3. The topological polar surface area (TPSA) is 49.3 Å². The van der Waals surface area contributed by atoms with Gasteiger partial charge in [-0.2, -0.15) is 0 Å². The number of aliphatic hydroxyl groups is 1. The number of amides is 1. The average molecular weight is 243 g/mol. The van der Waals surface area contributed by atoms with Crippen LogP contribution in [-0.4, -0.2) is 23.7 Å². The summed E-state index contributed by atoms with van der Waals surface area (Å²) < 4.78 is 0. The van der Waals surface area contributed by atoms with Gasteiger partial charge in [-0.25, -0.2) is 0 Å². The molecule has 2 N–H and O–H groups in total. The first-order chi connectivity index (χ1) is 8.24. The number of hydrogen-bond acceptors (Lipinski definition) is 2. The molecule has 3 heteroatoms. The van der Waals surface area contributed by atoms with Crippen LogP contribution in [-0.2, 0) is 4.79 Å². The van der Waals surface area contributed by atoms with Gasteiger partial charge in [-0.1, -0.05) is 52.4 Å². The third-order valence-electron chi connectivity index (χ3n) is 3.09. The maximum absolute atomic E-state index is 11.5. The molecule has 3 nitrogen and oxygen atoms in total. The Hall–Kier alpha value is -0.570. The van der Waals surface area contributed by atoms with E-state index in [1.165, 1.54) is 32.1 Å². The van der Waals surface area contributed by atoms with Crippen molar-refractivity contribution >= 4 is 5.91 Å². The fraction of sp³-hybridized carbons (Fsp3) is 0.929. The van der Waals surface area contributed by atoms with Gasteiger partial charge in [-0.05, 0) is 12.8 Å². The fourth-order valence-corrected chi connectivity index (χ4v) is 1.82. The molecule has 1 atom stereocenters. The molecule has 17 heavy (non-hydrogen) atoms. The number of nitrogens with one attached hydrogen (secondary N) is 1. The molecule has 0 radical (unpaired) electrons. The van der Waals surface area contributed by atoms with Crippen LogP contribution >= 0.6 is 0 Å². The van der Waals surface area contributed by atoms with E-state index in [4.69, 9.17) is 5.11 Å². The van der Waals surface area contributed by atoms with Gasteiger partial charge in [0, 0.05) is 6.42 Å². The lowest BCUT2D eigenvalue weighted by molar-refractivity contribution is -0.122. The Bertz CT molecular complexity index is 179. The summed E-state index contributed by atoms with van der Waals surface area (Å²) in [6.45, 7) is 4.23. The third-order valence-corrected chi connectivity index (χ3v) is 3.09. The average Bonchev–Trinajstić information content (AvgIpc) is 2.34. The van der Waals surface area contributed by atoms with Crippen LogP contribution in [0.4, 0.5) is 0 Å². The molecule has 0 aromatic rings. The van der Waals surface area contributed by atoms with Gasteiger partial charge in [-0.3, -0.25) is 4.79 Å². The number of rotatable bonds is 11. The maximum Gasteiger partial charge on any atom is 0.220 e. The molecule has 1 unspecified atom stereocenters. The molecule has 0 bridgehead atoms. The Morgan fingerprint density at radius 1 is 1.06 bits per heavy atom. The van der Waals surface area contributed by atoms with Gasteiger partial charge in [0.25, 0.3) is 0 Å². The summed E-state index contributed by atoms with van der Waals surface area (Å²) in [5.41, 5.74) is 0. The van der Waals surface area contributed by atoms with Crippen molar-refractivity contribution in [2.24, 2.45) is 0 Å². The summed E-state index contributed by atoms with van der Waals surface area (Å²) in [5.74, 6) is 0.0828. The lowest BCUT2D eigenvalue weighted by Gasteiger charge is -2.13. The van der Waals surface area contributed by atoms with E-state index in [0.717, 1.165) is 19.3 Å². The molecule has 0 aromatic carbocycles.